The fourth-order valence-electron chi connectivity index (χ4n) is 2.66. The van der Waals surface area contributed by atoms with Crippen LogP contribution in [0.1, 0.15) is 27.7 Å². The van der Waals surface area contributed by atoms with Gasteiger partial charge in [0.15, 0.2) is 17.9 Å². The van der Waals surface area contributed by atoms with E-state index in [2.05, 4.69) is 0 Å². The number of aliphatic hydroxyl groups excluding tert-OH is 1. The fraction of sp³-hybridized carbons (Fsp3) is 1.00. The minimum Gasteiger partial charge on any atom is -0.387 e. The number of rotatable bonds is 0. The van der Waals surface area contributed by atoms with E-state index in [1.54, 1.807) is 0 Å². The molecule has 0 unspecified atom stereocenters. The molecule has 3 aliphatic heterocycles. The van der Waals surface area contributed by atoms with Crippen molar-refractivity contribution < 1.29 is 28.8 Å². The van der Waals surface area contributed by atoms with Gasteiger partial charge in [0.2, 0.25) is 0 Å². The maximum absolute atomic E-state index is 10.3. The third-order valence-electron chi connectivity index (χ3n) is 3.45. The molecule has 6 heteroatoms. The van der Waals surface area contributed by atoms with Crippen LogP contribution in [0.5, 0.6) is 0 Å². The van der Waals surface area contributed by atoms with E-state index in [4.69, 9.17) is 23.7 Å². The first-order valence-electron chi connectivity index (χ1n) is 6.28. The Balaban J connectivity index is 1.88. The van der Waals surface area contributed by atoms with Crippen molar-refractivity contribution in [2.45, 2.75) is 70.0 Å². The lowest BCUT2D eigenvalue weighted by Gasteiger charge is -2.37. The van der Waals surface area contributed by atoms with Crippen LogP contribution in [0.2, 0.25) is 0 Å². The van der Waals surface area contributed by atoms with E-state index in [1.165, 1.54) is 0 Å². The van der Waals surface area contributed by atoms with Crippen molar-refractivity contribution in [2.24, 2.45) is 0 Å². The van der Waals surface area contributed by atoms with Gasteiger partial charge in [0.25, 0.3) is 0 Å². The predicted octanol–water partition coefficient (Wildman–Crippen LogP) is 0.375. The van der Waals surface area contributed by atoms with Crippen molar-refractivity contribution in [3.63, 3.8) is 0 Å². The van der Waals surface area contributed by atoms with Crippen LogP contribution in [0, 0.1) is 0 Å². The summed E-state index contributed by atoms with van der Waals surface area (Å²) in [6.45, 7) is 7.55. The van der Waals surface area contributed by atoms with Crippen LogP contribution in [-0.2, 0) is 23.7 Å². The molecule has 0 saturated carbocycles. The SMILES string of the molecule is CC1(C)OC[C@H]2O[C@H](O1)[C@H]1OC(C)(C)O[C@@H]1[C@H]2O. The Kier molecular flexibility index (Phi) is 2.75. The summed E-state index contributed by atoms with van der Waals surface area (Å²) in [6.07, 6.45) is -2.68. The molecule has 0 amide bonds. The van der Waals surface area contributed by atoms with Crippen molar-refractivity contribution >= 4 is 0 Å². The van der Waals surface area contributed by atoms with E-state index in [9.17, 15) is 5.11 Å². The quantitative estimate of drug-likeness (QED) is 0.679. The summed E-state index contributed by atoms with van der Waals surface area (Å²) in [5, 5.41) is 10.3. The standard InChI is InChI=1S/C12H20O6/c1-11(2)14-5-6-7(13)8-9(10(15-6)18-11)17-12(3,4)16-8/h6-10,13H,5H2,1-4H3/t6-,7+,8-,9+,10-/m1/s1. The highest BCUT2D eigenvalue weighted by atomic mass is 16.8. The molecule has 0 spiro atoms. The van der Waals surface area contributed by atoms with E-state index < -0.39 is 42.3 Å². The molecular formula is C12H20O6. The number of hydrogen-bond acceptors (Lipinski definition) is 6. The normalized spacial score (nSPS) is 49.5. The van der Waals surface area contributed by atoms with Crippen molar-refractivity contribution in [1.29, 1.82) is 0 Å². The summed E-state index contributed by atoms with van der Waals surface area (Å²) >= 11 is 0. The van der Waals surface area contributed by atoms with Gasteiger partial charge in [-0.2, -0.15) is 0 Å². The number of aliphatic hydroxyl groups is 1. The van der Waals surface area contributed by atoms with Gasteiger partial charge in [-0.15, -0.1) is 0 Å². The zero-order chi connectivity index (χ0) is 13.1. The van der Waals surface area contributed by atoms with Crippen LogP contribution < -0.4 is 0 Å². The highest BCUT2D eigenvalue weighted by Gasteiger charge is 2.57. The van der Waals surface area contributed by atoms with Crippen LogP contribution in [-0.4, -0.2) is 54.0 Å². The lowest BCUT2D eigenvalue weighted by molar-refractivity contribution is -0.307. The molecule has 2 bridgehead atoms. The first-order chi connectivity index (χ1) is 8.27. The van der Waals surface area contributed by atoms with E-state index in [0.717, 1.165) is 0 Å². The predicted molar refractivity (Wildman–Crippen MR) is 59.6 cm³/mol. The largest absolute Gasteiger partial charge is 0.387 e. The van der Waals surface area contributed by atoms with Gasteiger partial charge >= 0.3 is 0 Å². The van der Waals surface area contributed by atoms with Gasteiger partial charge in [-0.05, 0) is 27.7 Å². The summed E-state index contributed by atoms with van der Waals surface area (Å²) in [5.41, 5.74) is 0. The molecule has 0 aromatic rings. The lowest BCUT2D eigenvalue weighted by atomic mass is 9.99. The van der Waals surface area contributed by atoms with Crippen LogP contribution in [0.25, 0.3) is 0 Å². The van der Waals surface area contributed by atoms with Crippen LogP contribution in [0.4, 0.5) is 0 Å². The monoisotopic (exact) mass is 260 g/mol. The molecule has 0 aromatic carbocycles. The second-order valence-electron chi connectivity index (χ2n) is 5.93. The molecule has 1 N–H and O–H groups in total. The van der Waals surface area contributed by atoms with Gasteiger partial charge in [0.1, 0.15) is 24.4 Å². The van der Waals surface area contributed by atoms with Gasteiger partial charge < -0.3 is 28.8 Å². The summed E-state index contributed by atoms with van der Waals surface area (Å²) in [5.74, 6) is -1.50. The summed E-state index contributed by atoms with van der Waals surface area (Å²) in [6, 6.07) is 0. The van der Waals surface area contributed by atoms with Gasteiger partial charge in [-0.1, -0.05) is 0 Å². The first-order valence-corrected chi connectivity index (χ1v) is 6.28. The minimum absolute atomic E-state index is 0.275. The summed E-state index contributed by atoms with van der Waals surface area (Å²) in [4.78, 5) is 0. The molecular weight excluding hydrogens is 240 g/mol. The van der Waals surface area contributed by atoms with Gasteiger partial charge in [-0.3, -0.25) is 0 Å². The van der Waals surface area contributed by atoms with Gasteiger partial charge in [0, 0.05) is 0 Å². The molecule has 3 saturated heterocycles. The van der Waals surface area contributed by atoms with E-state index >= 15 is 0 Å². The number of fused-ring (bicyclic) bond motifs is 4. The zero-order valence-electron chi connectivity index (χ0n) is 11.1. The minimum atomic E-state index is -0.773. The Morgan fingerprint density at radius 3 is 2.33 bits per heavy atom. The molecule has 6 nitrogen and oxygen atoms in total. The molecule has 0 aromatic heterocycles. The maximum Gasteiger partial charge on any atom is 0.190 e. The zero-order valence-corrected chi connectivity index (χ0v) is 11.1. The maximum atomic E-state index is 10.3. The molecule has 18 heavy (non-hydrogen) atoms. The third-order valence-corrected chi connectivity index (χ3v) is 3.45. The van der Waals surface area contributed by atoms with Crippen molar-refractivity contribution in [2.75, 3.05) is 6.61 Å². The van der Waals surface area contributed by atoms with E-state index in [0.29, 0.717) is 0 Å². The molecule has 5 atom stereocenters. The lowest BCUT2D eigenvalue weighted by Crippen LogP contribution is -2.57. The van der Waals surface area contributed by atoms with E-state index in [1.807, 2.05) is 27.7 Å². The Bertz CT molecular complexity index is 341. The highest BCUT2D eigenvalue weighted by Crippen LogP contribution is 2.40. The average molecular weight is 260 g/mol. The Morgan fingerprint density at radius 1 is 0.944 bits per heavy atom. The fourth-order valence-corrected chi connectivity index (χ4v) is 2.66. The molecule has 104 valence electrons. The smallest absolute Gasteiger partial charge is 0.190 e. The number of ether oxygens (including phenoxy) is 5. The topological polar surface area (TPSA) is 66.4 Å². The average Bonchev–Trinajstić information content (AvgIpc) is 2.48. The molecule has 0 radical (unpaired) electrons. The molecule has 0 aliphatic carbocycles. The van der Waals surface area contributed by atoms with Crippen LogP contribution >= 0.6 is 0 Å². The first kappa shape index (κ1) is 12.8. The summed E-state index contributed by atoms with van der Waals surface area (Å²) in [7, 11) is 0. The number of hydrogen-bond donors (Lipinski definition) is 1. The Hall–Kier alpha value is -0.240. The van der Waals surface area contributed by atoms with Crippen LogP contribution in [0.15, 0.2) is 0 Å². The molecule has 3 rings (SSSR count). The second kappa shape index (κ2) is 3.88. The van der Waals surface area contributed by atoms with E-state index in [-0.39, 0.29) is 6.61 Å². The molecule has 3 fully saturated rings. The molecule has 3 heterocycles. The van der Waals surface area contributed by atoms with Gasteiger partial charge in [-0.25, -0.2) is 0 Å². The van der Waals surface area contributed by atoms with Crippen LogP contribution in [0.3, 0.4) is 0 Å². The second-order valence-corrected chi connectivity index (χ2v) is 5.93. The Morgan fingerprint density at radius 2 is 1.61 bits per heavy atom. The Labute approximate surface area is 106 Å². The van der Waals surface area contributed by atoms with Crippen molar-refractivity contribution in [1.82, 2.24) is 0 Å². The van der Waals surface area contributed by atoms with Crippen molar-refractivity contribution in [3.8, 4) is 0 Å². The summed E-state index contributed by atoms with van der Waals surface area (Å²) < 4.78 is 28.5. The van der Waals surface area contributed by atoms with Gasteiger partial charge in [0.05, 0.1) is 6.61 Å². The van der Waals surface area contributed by atoms with Crippen molar-refractivity contribution in [3.05, 3.63) is 0 Å². The third kappa shape index (κ3) is 2.07. The molecule has 3 aliphatic rings. The highest BCUT2D eigenvalue weighted by molar-refractivity contribution is 4.97.